The van der Waals surface area contributed by atoms with Crippen molar-refractivity contribution in [2.24, 2.45) is 0 Å². The van der Waals surface area contributed by atoms with Gasteiger partial charge in [0.15, 0.2) is 5.16 Å². The van der Waals surface area contributed by atoms with Gasteiger partial charge in [0.25, 0.3) is 5.91 Å². The normalized spacial score (nSPS) is 11.0. The van der Waals surface area contributed by atoms with Gasteiger partial charge in [-0.2, -0.15) is 0 Å². The number of benzene rings is 2. The molecule has 0 atom stereocenters. The predicted molar refractivity (Wildman–Crippen MR) is 117 cm³/mol. The summed E-state index contributed by atoms with van der Waals surface area (Å²) in [6.45, 7) is 2.77. The van der Waals surface area contributed by atoms with Crippen molar-refractivity contribution in [3.05, 3.63) is 89.2 Å². The molecule has 1 amide bonds. The van der Waals surface area contributed by atoms with Crippen molar-refractivity contribution in [3.8, 4) is 0 Å². The molecule has 4 aromatic rings. The van der Waals surface area contributed by atoms with Crippen molar-refractivity contribution in [2.75, 3.05) is 7.05 Å². The summed E-state index contributed by atoms with van der Waals surface area (Å²) >= 11 is 1.72. The van der Waals surface area contributed by atoms with Gasteiger partial charge in [-0.15, -0.1) is 0 Å². The lowest BCUT2D eigenvalue weighted by atomic mass is 10.1. The molecule has 0 aliphatic carbocycles. The molecule has 2 aromatic heterocycles. The Hall–Kier alpha value is -3.12. The van der Waals surface area contributed by atoms with Gasteiger partial charge in [-0.05, 0) is 36.2 Å². The number of nitrogens with one attached hydrogen (secondary N) is 1. The maximum Gasteiger partial charge on any atom is 0.251 e. The van der Waals surface area contributed by atoms with Crippen LogP contribution in [0.3, 0.4) is 0 Å². The fourth-order valence-electron chi connectivity index (χ4n) is 3.13. The standard InChI is InChI=1S/C23H22N4OS/c1-16-3-5-18(6-4-16)15-29-23-26-20-11-12-25-13-21(20)27(23)14-17-7-9-19(10-8-17)22(28)24-2/h3-13H,14-15H2,1-2H3,(H,24,28). The Morgan fingerprint density at radius 3 is 2.48 bits per heavy atom. The minimum atomic E-state index is -0.0804. The quantitative estimate of drug-likeness (QED) is 0.485. The average molecular weight is 403 g/mol. The van der Waals surface area contributed by atoms with Gasteiger partial charge in [-0.3, -0.25) is 9.78 Å². The number of aryl methyl sites for hydroxylation is 1. The van der Waals surface area contributed by atoms with Crippen molar-refractivity contribution in [1.82, 2.24) is 19.9 Å². The van der Waals surface area contributed by atoms with Crippen molar-refractivity contribution >= 4 is 28.7 Å². The monoisotopic (exact) mass is 402 g/mol. The van der Waals surface area contributed by atoms with Crippen LogP contribution in [0.1, 0.15) is 27.0 Å². The van der Waals surface area contributed by atoms with E-state index in [9.17, 15) is 4.79 Å². The van der Waals surface area contributed by atoms with Gasteiger partial charge in [-0.1, -0.05) is 53.7 Å². The first kappa shape index (κ1) is 19.2. The Kier molecular flexibility index (Phi) is 5.62. The van der Waals surface area contributed by atoms with Gasteiger partial charge in [0.2, 0.25) is 0 Å². The number of amides is 1. The van der Waals surface area contributed by atoms with E-state index in [1.54, 1.807) is 25.0 Å². The van der Waals surface area contributed by atoms with Crippen LogP contribution in [-0.4, -0.2) is 27.5 Å². The molecule has 29 heavy (non-hydrogen) atoms. The largest absolute Gasteiger partial charge is 0.355 e. The number of hydrogen-bond donors (Lipinski definition) is 1. The highest BCUT2D eigenvalue weighted by Crippen LogP contribution is 2.27. The van der Waals surface area contributed by atoms with Gasteiger partial charge >= 0.3 is 0 Å². The topological polar surface area (TPSA) is 59.8 Å². The van der Waals surface area contributed by atoms with E-state index < -0.39 is 0 Å². The number of aromatic nitrogens is 3. The molecule has 0 saturated heterocycles. The third-order valence-electron chi connectivity index (χ3n) is 4.79. The third-order valence-corrected chi connectivity index (χ3v) is 5.84. The fraction of sp³-hybridized carbons (Fsp3) is 0.174. The molecule has 0 bridgehead atoms. The number of rotatable bonds is 6. The summed E-state index contributed by atoms with van der Waals surface area (Å²) in [7, 11) is 1.64. The number of hydrogen-bond acceptors (Lipinski definition) is 4. The predicted octanol–water partition coefficient (Wildman–Crippen LogP) is 4.44. The second-order valence-corrected chi connectivity index (χ2v) is 7.84. The summed E-state index contributed by atoms with van der Waals surface area (Å²) in [6, 6.07) is 18.2. The third kappa shape index (κ3) is 4.32. The van der Waals surface area contributed by atoms with E-state index in [0.29, 0.717) is 12.1 Å². The van der Waals surface area contributed by atoms with Crippen LogP contribution in [0.25, 0.3) is 11.0 Å². The van der Waals surface area contributed by atoms with Crippen molar-refractivity contribution in [3.63, 3.8) is 0 Å². The van der Waals surface area contributed by atoms with E-state index in [2.05, 4.69) is 46.1 Å². The SMILES string of the molecule is CNC(=O)c1ccc(Cn2c(SCc3ccc(C)cc3)nc3ccncc32)cc1. The smallest absolute Gasteiger partial charge is 0.251 e. The maximum atomic E-state index is 11.8. The number of thioether (sulfide) groups is 1. The molecule has 0 radical (unpaired) electrons. The summed E-state index contributed by atoms with van der Waals surface area (Å²) in [4.78, 5) is 20.9. The molecular formula is C23H22N4OS. The van der Waals surface area contributed by atoms with Gasteiger partial charge in [0.1, 0.15) is 0 Å². The minimum Gasteiger partial charge on any atom is -0.355 e. The summed E-state index contributed by atoms with van der Waals surface area (Å²) in [5, 5.41) is 3.61. The molecule has 0 unspecified atom stereocenters. The number of imidazole rings is 1. The average Bonchev–Trinajstić information content (AvgIpc) is 3.11. The van der Waals surface area contributed by atoms with Crippen molar-refractivity contribution in [1.29, 1.82) is 0 Å². The van der Waals surface area contributed by atoms with E-state index in [1.165, 1.54) is 11.1 Å². The summed E-state index contributed by atoms with van der Waals surface area (Å²) < 4.78 is 2.19. The molecule has 0 fully saturated rings. The van der Waals surface area contributed by atoms with Crippen LogP contribution in [0.15, 0.2) is 72.1 Å². The molecule has 146 valence electrons. The highest BCUT2D eigenvalue weighted by atomic mass is 32.2. The van der Waals surface area contributed by atoms with Gasteiger partial charge in [-0.25, -0.2) is 4.98 Å². The Balaban J connectivity index is 1.61. The second-order valence-electron chi connectivity index (χ2n) is 6.90. The molecular weight excluding hydrogens is 380 g/mol. The zero-order chi connectivity index (χ0) is 20.2. The molecule has 2 aromatic carbocycles. The lowest BCUT2D eigenvalue weighted by Crippen LogP contribution is -2.17. The first-order valence-electron chi connectivity index (χ1n) is 9.43. The molecule has 1 N–H and O–H groups in total. The molecule has 5 nitrogen and oxygen atoms in total. The maximum absolute atomic E-state index is 11.8. The van der Waals surface area contributed by atoms with Crippen molar-refractivity contribution in [2.45, 2.75) is 24.4 Å². The van der Waals surface area contributed by atoms with Crippen LogP contribution in [0.5, 0.6) is 0 Å². The highest BCUT2D eigenvalue weighted by molar-refractivity contribution is 7.98. The second kappa shape index (κ2) is 8.49. The number of carbonyl (C=O) groups is 1. The Bertz CT molecular complexity index is 1130. The first-order chi connectivity index (χ1) is 14.1. The Morgan fingerprint density at radius 2 is 1.76 bits per heavy atom. The van der Waals surface area contributed by atoms with Crippen LogP contribution in [0, 0.1) is 6.92 Å². The van der Waals surface area contributed by atoms with E-state index >= 15 is 0 Å². The van der Waals surface area contributed by atoms with E-state index in [1.807, 2.05) is 36.5 Å². The van der Waals surface area contributed by atoms with E-state index in [-0.39, 0.29) is 5.91 Å². The zero-order valence-corrected chi connectivity index (χ0v) is 17.2. The molecule has 0 saturated carbocycles. The molecule has 0 aliphatic heterocycles. The number of pyridine rings is 1. The van der Waals surface area contributed by atoms with Crippen LogP contribution in [0.2, 0.25) is 0 Å². The van der Waals surface area contributed by atoms with Crippen LogP contribution in [-0.2, 0) is 12.3 Å². The fourth-order valence-corrected chi connectivity index (χ4v) is 4.10. The molecule has 4 rings (SSSR count). The Labute approximate surface area is 174 Å². The summed E-state index contributed by atoms with van der Waals surface area (Å²) in [6.07, 6.45) is 3.63. The molecule has 0 spiro atoms. The molecule has 0 aliphatic rings. The molecule has 6 heteroatoms. The number of fused-ring (bicyclic) bond motifs is 1. The van der Waals surface area contributed by atoms with Crippen LogP contribution in [0.4, 0.5) is 0 Å². The lowest BCUT2D eigenvalue weighted by Gasteiger charge is -2.10. The Morgan fingerprint density at radius 1 is 1.03 bits per heavy atom. The number of carbonyl (C=O) groups excluding carboxylic acids is 1. The van der Waals surface area contributed by atoms with E-state index in [4.69, 9.17) is 4.98 Å². The zero-order valence-electron chi connectivity index (χ0n) is 16.4. The number of nitrogens with zero attached hydrogens (tertiary/aromatic N) is 3. The molecule has 2 heterocycles. The van der Waals surface area contributed by atoms with Gasteiger partial charge in [0, 0.05) is 24.6 Å². The van der Waals surface area contributed by atoms with Gasteiger partial charge < -0.3 is 9.88 Å². The summed E-state index contributed by atoms with van der Waals surface area (Å²) in [5.41, 5.74) is 6.24. The van der Waals surface area contributed by atoms with Gasteiger partial charge in [0.05, 0.1) is 23.8 Å². The highest BCUT2D eigenvalue weighted by Gasteiger charge is 2.13. The van der Waals surface area contributed by atoms with Crippen LogP contribution < -0.4 is 5.32 Å². The first-order valence-corrected chi connectivity index (χ1v) is 10.4. The van der Waals surface area contributed by atoms with Crippen molar-refractivity contribution < 1.29 is 4.79 Å². The van der Waals surface area contributed by atoms with E-state index in [0.717, 1.165) is 27.5 Å². The summed E-state index contributed by atoms with van der Waals surface area (Å²) in [5.74, 6) is 0.773. The lowest BCUT2D eigenvalue weighted by molar-refractivity contribution is 0.0963. The minimum absolute atomic E-state index is 0.0804. The van der Waals surface area contributed by atoms with Crippen LogP contribution >= 0.6 is 11.8 Å².